The molecule has 2 nitrogen and oxygen atoms in total. The van der Waals surface area contributed by atoms with Gasteiger partial charge in [0.1, 0.15) is 0 Å². The average molecular weight is 379 g/mol. The van der Waals surface area contributed by atoms with Crippen molar-refractivity contribution in [3.8, 4) is 11.1 Å². The Morgan fingerprint density at radius 2 is 1.14 bits per heavy atom. The van der Waals surface area contributed by atoms with Crippen molar-refractivity contribution in [2.24, 2.45) is 0 Å². The molecule has 1 N–H and O–H groups in total. The van der Waals surface area contributed by atoms with E-state index in [9.17, 15) is 0 Å². The predicted octanol–water partition coefficient (Wildman–Crippen LogP) is 7.48. The molecule has 0 spiro atoms. The maximum Gasteiger partial charge on any atom is 0.0410 e. The molecule has 0 unspecified atom stereocenters. The van der Waals surface area contributed by atoms with E-state index in [4.69, 9.17) is 0 Å². The first kappa shape index (κ1) is 18.8. The van der Waals surface area contributed by atoms with Crippen LogP contribution in [0.3, 0.4) is 0 Å². The molecule has 0 saturated carbocycles. The second kappa shape index (κ2) is 8.24. The minimum absolute atomic E-state index is 1.09. The van der Waals surface area contributed by atoms with Crippen molar-refractivity contribution in [2.75, 3.05) is 17.3 Å². The van der Waals surface area contributed by atoms with E-state index in [2.05, 4.69) is 128 Å². The molecule has 0 aliphatic carbocycles. The van der Waals surface area contributed by atoms with Crippen LogP contribution in [0.2, 0.25) is 0 Å². The normalized spacial score (nSPS) is 10.6. The van der Waals surface area contributed by atoms with Crippen molar-refractivity contribution < 1.29 is 0 Å². The molecule has 4 aromatic carbocycles. The molecule has 0 saturated heterocycles. The Kier molecular flexibility index (Phi) is 5.35. The van der Waals surface area contributed by atoms with Crippen molar-refractivity contribution in [1.29, 1.82) is 0 Å². The lowest BCUT2D eigenvalue weighted by atomic mass is 10.0. The van der Waals surface area contributed by atoms with Crippen molar-refractivity contribution in [2.45, 2.75) is 13.8 Å². The van der Waals surface area contributed by atoms with Gasteiger partial charge in [-0.15, -0.1) is 0 Å². The summed E-state index contributed by atoms with van der Waals surface area (Å²) in [5.74, 6) is 0. The fourth-order valence-electron chi connectivity index (χ4n) is 3.50. The fourth-order valence-corrected chi connectivity index (χ4v) is 3.50. The van der Waals surface area contributed by atoms with Crippen LogP contribution in [0, 0.1) is 13.8 Å². The topological polar surface area (TPSA) is 15.3 Å². The molecule has 0 atom stereocenters. The third kappa shape index (κ3) is 4.49. The second-order valence-electron chi connectivity index (χ2n) is 7.52. The quantitative estimate of drug-likeness (QED) is 0.387. The number of aryl methyl sites for hydroxylation is 2. The molecule has 29 heavy (non-hydrogen) atoms. The van der Waals surface area contributed by atoms with Gasteiger partial charge in [0.2, 0.25) is 0 Å². The van der Waals surface area contributed by atoms with Crippen LogP contribution in [0.5, 0.6) is 0 Å². The Morgan fingerprint density at radius 1 is 0.552 bits per heavy atom. The summed E-state index contributed by atoms with van der Waals surface area (Å²) in [6.45, 7) is 4.23. The molecule has 0 heterocycles. The van der Waals surface area contributed by atoms with E-state index < -0.39 is 0 Å². The van der Waals surface area contributed by atoms with E-state index in [1.807, 2.05) is 0 Å². The highest BCUT2D eigenvalue weighted by atomic mass is 15.1. The highest BCUT2D eigenvalue weighted by molar-refractivity contribution is 5.72. The minimum Gasteiger partial charge on any atom is -0.356 e. The van der Waals surface area contributed by atoms with E-state index in [-0.39, 0.29) is 0 Å². The number of rotatable bonds is 5. The van der Waals surface area contributed by atoms with Gasteiger partial charge < -0.3 is 10.2 Å². The SMILES string of the molecule is Cc1cccc(Nc2ccc(-c3ccc(N(C)c4cccc(C)c4)cc3)cc2)c1. The first-order valence-corrected chi connectivity index (χ1v) is 9.93. The Balaban J connectivity index is 1.49. The molecule has 4 rings (SSSR count). The molecule has 0 aliphatic rings. The second-order valence-corrected chi connectivity index (χ2v) is 7.52. The lowest BCUT2D eigenvalue weighted by Crippen LogP contribution is -2.09. The van der Waals surface area contributed by atoms with E-state index in [0.29, 0.717) is 0 Å². The molecule has 0 fully saturated rings. The van der Waals surface area contributed by atoms with Crippen LogP contribution in [-0.2, 0) is 0 Å². The maximum atomic E-state index is 3.46. The largest absolute Gasteiger partial charge is 0.356 e. The Morgan fingerprint density at radius 3 is 1.76 bits per heavy atom. The molecule has 0 amide bonds. The van der Waals surface area contributed by atoms with E-state index in [1.165, 1.54) is 33.6 Å². The first-order chi connectivity index (χ1) is 14.1. The lowest BCUT2D eigenvalue weighted by Gasteiger charge is -2.20. The average Bonchev–Trinajstić information content (AvgIpc) is 2.74. The van der Waals surface area contributed by atoms with Crippen molar-refractivity contribution in [3.05, 3.63) is 108 Å². The lowest BCUT2D eigenvalue weighted by molar-refractivity contribution is 1.20. The highest BCUT2D eigenvalue weighted by Gasteiger charge is 2.05. The summed E-state index contributed by atoms with van der Waals surface area (Å²) in [6, 6.07) is 34.3. The van der Waals surface area contributed by atoms with Gasteiger partial charge in [-0.2, -0.15) is 0 Å². The van der Waals surface area contributed by atoms with Gasteiger partial charge in [-0.1, -0.05) is 48.5 Å². The molecular weight excluding hydrogens is 352 g/mol. The van der Waals surface area contributed by atoms with Gasteiger partial charge in [-0.3, -0.25) is 0 Å². The number of anilines is 4. The number of benzene rings is 4. The van der Waals surface area contributed by atoms with Gasteiger partial charge in [-0.05, 0) is 84.6 Å². The Hall–Kier alpha value is -3.52. The number of hydrogen-bond acceptors (Lipinski definition) is 2. The molecule has 0 bridgehead atoms. The zero-order valence-corrected chi connectivity index (χ0v) is 17.2. The monoisotopic (exact) mass is 378 g/mol. The third-order valence-electron chi connectivity index (χ3n) is 5.17. The van der Waals surface area contributed by atoms with Crippen LogP contribution in [0.15, 0.2) is 97.1 Å². The fraction of sp³-hybridized carbons (Fsp3) is 0.111. The van der Waals surface area contributed by atoms with Crippen LogP contribution in [0.1, 0.15) is 11.1 Å². The third-order valence-corrected chi connectivity index (χ3v) is 5.17. The van der Waals surface area contributed by atoms with Crippen molar-refractivity contribution >= 4 is 22.7 Å². The van der Waals surface area contributed by atoms with E-state index in [1.54, 1.807) is 0 Å². The van der Waals surface area contributed by atoms with E-state index >= 15 is 0 Å². The maximum absolute atomic E-state index is 3.46. The molecule has 0 radical (unpaired) electrons. The molecule has 0 aliphatic heterocycles. The summed E-state index contributed by atoms with van der Waals surface area (Å²) in [6.07, 6.45) is 0. The van der Waals surface area contributed by atoms with Gasteiger partial charge in [-0.25, -0.2) is 0 Å². The molecule has 4 aromatic rings. The van der Waals surface area contributed by atoms with Crippen LogP contribution in [0.25, 0.3) is 11.1 Å². The van der Waals surface area contributed by atoms with E-state index in [0.717, 1.165) is 11.4 Å². The van der Waals surface area contributed by atoms with Crippen molar-refractivity contribution in [1.82, 2.24) is 0 Å². The zero-order valence-electron chi connectivity index (χ0n) is 17.2. The summed E-state index contributed by atoms with van der Waals surface area (Å²) in [5, 5.41) is 3.46. The molecular formula is C27H26N2. The smallest absolute Gasteiger partial charge is 0.0410 e. The minimum atomic E-state index is 1.09. The van der Waals surface area contributed by atoms with Crippen molar-refractivity contribution in [3.63, 3.8) is 0 Å². The van der Waals surface area contributed by atoms with Crippen LogP contribution in [-0.4, -0.2) is 7.05 Å². The standard InChI is InChI=1S/C27H26N2/c1-20-6-4-8-25(18-20)28-24-14-10-22(11-15-24)23-12-16-26(17-13-23)29(3)27-9-5-7-21(2)19-27/h4-19,28H,1-3H3. The van der Waals surface area contributed by atoms with Gasteiger partial charge in [0.05, 0.1) is 0 Å². The number of nitrogens with one attached hydrogen (secondary N) is 1. The first-order valence-electron chi connectivity index (χ1n) is 9.93. The molecule has 0 aromatic heterocycles. The predicted molar refractivity (Wildman–Crippen MR) is 126 cm³/mol. The van der Waals surface area contributed by atoms with Gasteiger partial charge >= 0.3 is 0 Å². The summed E-state index contributed by atoms with van der Waals surface area (Å²) < 4.78 is 0. The summed E-state index contributed by atoms with van der Waals surface area (Å²) in [7, 11) is 2.11. The molecule has 2 heteroatoms. The highest BCUT2D eigenvalue weighted by Crippen LogP contribution is 2.28. The van der Waals surface area contributed by atoms with Crippen LogP contribution >= 0.6 is 0 Å². The number of nitrogens with zero attached hydrogens (tertiary/aromatic N) is 1. The zero-order chi connectivity index (χ0) is 20.2. The van der Waals surface area contributed by atoms with Crippen LogP contribution in [0.4, 0.5) is 22.7 Å². The number of hydrogen-bond donors (Lipinski definition) is 1. The Labute approximate surface area is 173 Å². The van der Waals surface area contributed by atoms with Crippen LogP contribution < -0.4 is 10.2 Å². The summed E-state index contributed by atoms with van der Waals surface area (Å²) in [4.78, 5) is 2.21. The molecule has 144 valence electrons. The Bertz CT molecular complexity index is 1100. The van der Waals surface area contributed by atoms with Gasteiger partial charge in [0.15, 0.2) is 0 Å². The van der Waals surface area contributed by atoms with Gasteiger partial charge in [0, 0.05) is 29.8 Å². The summed E-state index contributed by atoms with van der Waals surface area (Å²) in [5.41, 5.74) is 9.53. The van der Waals surface area contributed by atoms with Gasteiger partial charge in [0.25, 0.3) is 0 Å². The summed E-state index contributed by atoms with van der Waals surface area (Å²) >= 11 is 0.